The molecule has 0 saturated carbocycles. The summed E-state index contributed by atoms with van der Waals surface area (Å²) in [7, 11) is 0. The molecule has 0 aliphatic heterocycles. The average molecular weight is 260 g/mol. The molecule has 0 saturated heterocycles. The first-order valence-electron chi connectivity index (χ1n) is 7.01. The molecular weight excluding hydrogens is 236 g/mol. The Morgan fingerprint density at radius 2 is 2.11 bits per heavy atom. The average Bonchev–Trinajstić information content (AvgIpc) is 2.99. The zero-order valence-corrected chi connectivity index (χ0v) is 12.3. The van der Waals surface area contributed by atoms with Gasteiger partial charge in [-0.3, -0.25) is 0 Å². The van der Waals surface area contributed by atoms with E-state index in [2.05, 4.69) is 65.6 Å². The van der Waals surface area contributed by atoms with E-state index in [-0.39, 0.29) is 0 Å². The van der Waals surface area contributed by atoms with Crippen LogP contribution in [0.4, 0.5) is 0 Å². The van der Waals surface area contributed by atoms with Gasteiger partial charge in [0, 0.05) is 30.7 Å². The molecule has 4 heteroatoms. The number of nitrogens with zero attached hydrogens (tertiary/aromatic N) is 3. The van der Waals surface area contributed by atoms with Crippen molar-refractivity contribution < 1.29 is 0 Å². The summed E-state index contributed by atoms with van der Waals surface area (Å²) >= 11 is 0. The molecule has 4 nitrogen and oxygen atoms in total. The van der Waals surface area contributed by atoms with Gasteiger partial charge in [-0.05, 0) is 38.9 Å². The third kappa shape index (κ3) is 3.26. The van der Waals surface area contributed by atoms with E-state index in [1.807, 2.05) is 12.5 Å². The van der Waals surface area contributed by atoms with E-state index in [4.69, 9.17) is 0 Å². The molecule has 1 unspecified atom stereocenters. The van der Waals surface area contributed by atoms with Gasteiger partial charge in [0.1, 0.15) is 0 Å². The van der Waals surface area contributed by atoms with Gasteiger partial charge >= 0.3 is 0 Å². The first-order chi connectivity index (χ1) is 9.11. The van der Waals surface area contributed by atoms with E-state index in [1.165, 1.54) is 11.3 Å². The third-order valence-corrected chi connectivity index (χ3v) is 3.43. The van der Waals surface area contributed by atoms with E-state index in [0.29, 0.717) is 12.1 Å². The summed E-state index contributed by atoms with van der Waals surface area (Å²) in [6, 6.07) is 3.04. The van der Waals surface area contributed by atoms with Gasteiger partial charge in [0.2, 0.25) is 0 Å². The van der Waals surface area contributed by atoms with Crippen LogP contribution in [0.25, 0.3) is 0 Å². The van der Waals surface area contributed by atoms with E-state index < -0.39 is 0 Å². The van der Waals surface area contributed by atoms with Gasteiger partial charge in [0.05, 0.1) is 18.6 Å². The van der Waals surface area contributed by atoms with Crippen LogP contribution in [0.3, 0.4) is 0 Å². The zero-order chi connectivity index (χ0) is 13.8. The van der Waals surface area contributed by atoms with Crippen LogP contribution in [-0.4, -0.2) is 20.7 Å². The van der Waals surface area contributed by atoms with Crippen molar-refractivity contribution >= 4 is 0 Å². The van der Waals surface area contributed by atoms with Crippen LogP contribution in [0.15, 0.2) is 31.0 Å². The topological polar surface area (TPSA) is 34.8 Å². The van der Waals surface area contributed by atoms with E-state index in [9.17, 15) is 0 Å². The van der Waals surface area contributed by atoms with Gasteiger partial charge in [-0.15, -0.1) is 0 Å². The Balaban J connectivity index is 2.09. The summed E-state index contributed by atoms with van der Waals surface area (Å²) in [6.07, 6.45) is 8.21. The quantitative estimate of drug-likeness (QED) is 0.866. The summed E-state index contributed by atoms with van der Waals surface area (Å²) in [5, 5.41) is 3.43. The zero-order valence-electron chi connectivity index (χ0n) is 12.3. The van der Waals surface area contributed by atoms with Crippen LogP contribution in [0.5, 0.6) is 0 Å². The standard InChI is InChI=1S/C15H24N4/c1-5-17-13(4)14-6-7-18(9-14)10-15-8-16-11-19(15)12(2)3/h6-9,11-13,17H,5,10H2,1-4H3. The molecule has 1 N–H and O–H groups in total. The van der Waals surface area contributed by atoms with E-state index in [1.54, 1.807) is 0 Å². The number of hydrogen-bond acceptors (Lipinski definition) is 2. The van der Waals surface area contributed by atoms with Gasteiger partial charge in [-0.1, -0.05) is 6.92 Å². The Bertz CT molecular complexity index is 510. The molecule has 1 atom stereocenters. The second-order valence-corrected chi connectivity index (χ2v) is 5.28. The van der Waals surface area contributed by atoms with Gasteiger partial charge in [-0.2, -0.15) is 0 Å². The van der Waals surface area contributed by atoms with E-state index in [0.717, 1.165) is 13.1 Å². The fourth-order valence-electron chi connectivity index (χ4n) is 2.34. The first kappa shape index (κ1) is 13.9. The maximum absolute atomic E-state index is 4.25. The summed E-state index contributed by atoms with van der Waals surface area (Å²) in [5.74, 6) is 0. The van der Waals surface area contributed by atoms with Crippen molar-refractivity contribution in [3.05, 3.63) is 42.2 Å². The monoisotopic (exact) mass is 260 g/mol. The highest BCUT2D eigenvalue weighted by atomic mass is 15.1. The van der Waals surface area contributed by atoms with Crippen LogP contribution in [0, 0.1) is 0 Å². The minimum Gasteiger partial charge on any atom is -0.348 e. The number of nitrogens with one attached hydrogen (secondary N) is 1. The molecule has 0 spiro atoms. The third-order valence-electron chi connectivity index (χ3n) is 3.43. The lowest BCUT2D eigenvalue weighted by atomic mass is 10.2. The lowest BCUT2D eigenvalue weighted by Gasteiger charge is -2.12. The molecule has 0 radical (unpaired) electrons. The SMILES string of the molecule is CCNC(C)c1ccn(Cc2cncn2C(C)C)c1. The summed E-state index contributed by atoms with van der Waals surface area (Å²) in [4.78, 5) is 4.25. The van der Waals surface area contributed by atoms with Crippen molar-refractivity contribution in [2.24, 2.45) is 0 Å². The second kappa shape index (κ2) is 6.06. The molecule has 0 aliphatic rings. The Morgan fingerprint density at radius 3 is 2.79 bits per heavy atom. The maximum atomic E-state index is 4.25. The molecule has 0 fully saturated rings. The molecule has 0 aliphatic carbocycles. The number of aromatic nitrogens is 3. The van der Waals surface area contributed by atoms with Crippen molar-refractivity contribution in [2.75, 3.05) is 6.54 Å². The minimum absolute atomic E-state index is 0.404. The summed E-state index contributed by atoms with van der Waals surface area (Å²) in [6.45, 7) is 10.6. The Labute approximate surface area is 115 Å². The fraction of sp³-hybridized carbons (Fsp3) is 0.533. The van der Waals surface area contributed by atoms with Gasteiger partial charge < -0.3 is 14.5 Å². The first-order valence-corrected chi connectivity index (χ1v) is 7.01. The summed E-state index contributed by atoms with van der Waals surface area (Å²) in [5.41, 5.74) is 2.57. The molecule has 104 valence electrons. The predicted octanol–water partition coefficient (Wildman–Crippen LogP) is 2.98. The van der Waals surface area contributed by atoms with E-state index >= 15 is 0 Å². The second-order valence-electron chi connectivity index (χ2n) is 5.28. The molecule has 0 bridgehead atoms. The van der Waals surface area contributed by atoms with Crippen molar-refractivity contribution in [3.8, 4) is 0 Å². The van der Waals surface area contributed by atoms with Gasteiger partial charge in [0.25, 0.3) is 0 Å². The summed E-state index contributed by atoms with van der Waals surface area (Å²) < 4.78 is 4.44. The van der Waals surface area contributed by atoms with Gasteiger partial charge in [-0.25, -0.2) is 4.98 Å². The minimum atomic E-state index is 0.404. The van der Waals surface area contributed by atoms with Crippen LogP contribution in [0.2, 0.25) is 0 Å². The largest absolute Gasteiger partial charge is 0.348 e. The maximum Gasteiger partial charge on any atom is 0.0951 e. The van der Waals surface area contributed by atoms with Crippen molar-refractivity contribution in [1.82, 2.24) is 19.4 Å². The van der Waals surface area contributed by atoms with Crippen LogP contribution < -0.4 is 5.32 Å². The van der Waals surface area contributed by atoms with Crippen LogP contribution in [-0.2, 0) is 6.54 Å². The number of imidazole rings is 1. The highest BCUT2D eigenvalue weighted by Crippen LogP contribution is 2.15. The molecule has 2 rings (SSSR count). The molecular formula is C15H24N4. The lowest BCUT2D eigenvalue weighted by molar-refractivity contribution is 0.560. The Morgan fingerprint density at radius 1 is 1.32 bits per heavy atom. The van der Waals surface area contributed by atoms with Crippen LogP contribution >= 0.6 is 0 Å². The van der Waals surface area contributed by atoms with Crippen molar-refractivity contribution in [3.63, 3.8) is 0 Å². The lowest BCUT2D eigenvalue weighted by Crippen LogP contribution is -2.17. The Kier molecular flexibility index (Phi) is 4.43. The van der Waals surface area contributed by atoms with Crippen LogP contribution in [0.1, 0.15) is 51.0 Å². The normalized spacial score (nSPS) is 13.1. The molecule has 2 heterocycles. The highest BCUT2D eigenvalue weighted by molar-refractivity contribution is 5.16. The fourth-order valence-corrected chi connectivity index (χ4v) is 2.34. The van der Waals surface area contributed by atoms with Crippen molar-refractivity contribution in [1.29, 1.82) is 0 Å². The molecule has 19 heavy (non-hydrogen) atoms. The molecule has 2 aromatic rings. The predicted molar refractivity (Wildman–Crippen MR) is 78.2 cm³/mol. The van der Waals surface area contributed by atoms with Crippen molar-refractivity contribution in [2.45, 2.75) is 46.3 Å². The number of hydrogen-bond donors (Lipinski definition) is 1. The smallest absolute Gasteiger partial charge is 0.0951 e. The highest BCUT2D eigenvalue weighted by Gasteiger charge is 2.08. The Hall–Kier alpha value is -1.55. The van der Waals surface area contributed by atoms with Gasteiger partial charge in [0.15, 0.2) is 0 Å². The molecule has 0 amide bonds. The molecule has 0 aromatic carbocycles. The number of rotatable bonds is 6. The molecule has 2 aromatic heterocycles.